The van der Waals surface area contributed by atoms with E-state index in [2.05, 4.69) is 11.8 Å². The Kier molecular flexibility index (Phi) is 8.03. The summed E-state index contributed by atoms with van der Waals surface area (Å²) in [6.45, 7) is 4.30. The number of methoxy groups -OCH3 is 1. The average molecular weight is 473 g/mol. The Morgan fingerprint density at radius 1 is 1.24 bits per heavy atom. The van der Waals surface area contributed by atoms with Gasteiger partial charge >= 0.3 is 0 Å². The van der Waals surface area contributed by atoms with Crippen LogP contribution in [0.3, 0.4) is 0 Å². The molecule has 2 aromatic rings. The van der Waals surface area contributed by atoms with Crippen LogP contribution in [0, 0.1) is 17.8 Å². The third-order valence-corrected chi connectivity index (χ3v) is 7.68. The first kappa shape index (κ1) is 25.1. The van der Waals surface area contributed by atoms with Crippen LogP contribution in [0.2, 0.25) is 0 Å². The molecule has 178 valence electrons. The molecule has 1 heterocycles. The van der Waals surface area contributed by atoms with Crippen molar-refractivity contribution in [1.82, 2.24) is 9.21 Å². The van der Waals surface area contributed by atoms with E-state index >= 15 is 0 Å². The van der Waals surface area contributed by atoms with Crippen LogP contribution in [0.5, 0.6) is 11.5 Å². The molecule has 2 aromatic carbocycles. The normalized spacial score (nSPS) is 21.1. The summed E-state index contributed by atoms with van der Waals surface area (Å²) in [6, 6.07) is 11.8. The predicted octanol–water partition coefficient (Wildman–Crippen LogP) is 2.43. The maximum Gasteiger partial charge on any atom is 0.247 e. The Bertz CT molecular complexity index is 1140. The van der Waals surface area contributed by atoms with Gasteiger partial charge in [-0.2, -0.15) is 4.31 Å². The van der Waals surface area contributed by atoms with Gasteiger partial charge in [0.05, 0.1) is 19.3 Å². The highest BCUT2D eigenvalue weighted by molar-refractivity contribution is 7.89. The lowest BCUT2D eigenvalue weighted by atomic mass is 10.0. The van der Waals surface area contributed by atoms with Crippen molar-refractivity contribution < 1.29 is 23.0 Å². The number of sulfonamides is 1. The minimum atomic E-state index is -3.87. The van der Waals surface area contributed by atoms with Gasteiger partial charge in [-0.05, 0) is 51.4 Å². The second-order valence-electron chi connectivity index (χ2n) is 8.61. The largest absolute Gasteiger partial charge is 0.495 e. The second-order valence-corrected chi connectivity index (χ2v) is 10.5. The molecular formula is C25H32N2O5S. The fourth-order valence-corrected chi connectivity index (χ4v) is 5.59. The van der Waals surface area contributed by atoms with Gasteiger partial charge in [0, 0.05) is 30.6 Å². The molecule has 8 heteroatoms. The minimum Gasteiger partial charge on any atom is -0.495 e. The lowest BCUT2D eigenvalue weighted by Crippen LogP contribution is -2.49. The molecule has 0 fully saturated rings. The lowest BCUT2D eigenvalue weighted by molar-refractivity contribution is 0.0812. The van der Waals surface area contributed by atoms with Crippen LogP contribution in [0.15, 0.2) is 47.4 Å². The van der Waals surface area contributed by atoms with Crippen LogP contribution >= 0.6 is 0 Å². The lowest BCUT2D eigenvalue weighted by Gasteiger charge is -2.37. The van der Waals surface area contributed by atoms with Crippen molar-refractivity contribution in [3.05, 3.63) is 53.6 Å². The van der Waals surface area contributed by atoms with Crippen LogP contribution in [0.4, 0.5) is 0 Å². The number of ether oxygens (including phenoxy) is 2. The molecule has 1 N–H and O–H groups in total. The highest BCUT2D eigenvalue weighted by Crippen LogP contribution is 2.34. The molecule has 33 heavy (non-hydrogen) atoms. The van der Waals surface area contributed by atoms with Crippen LogP contribution < -0.4 is 9.47 Å². The van der Waals surface area contributed by atoms with E-state index in [4.69, 9.17) is 9.47 Å². The van der Waals surface area contributed by atoms with Gasteiger partial charge in [0.15, 0.2) is 0 Å². The zero-order valence-electron chi connectivity index (χ0n) is 19.8. The third kappa shape index (κ3) is 5.68. The maximum absolute atomic E-state index is 13.5. The molecule has 7 nitrogen and oxygen atoms in total. The van der Waals surface area contributed by atoms with Crippen LogP contribution in [0.25, 0.3) is 0 Å². The number of benzene rings is 2. The summed E-state index contributed by atoms with van der Waals surface area (Å²) in [5.41, 5.74) is 1.37. The average Bonchev–Trinajstić information content (AvgIpc) is 2.79. The molecule has 0 saturated heterocycles. The first-order valence-corrected chi connectivity index (χ1v) is 12.3. The number of para-hydroxylation sites is 1. The van der Waals surface area contributed by atoms with Crippen molar-refractivity contribution in [2.24, 2.45) is 5.92 Å². The number of hydrogen-bond donors (Lipinski definition) is 1. The second kappa shape index (κ2) is 10.6. The van der Waals surface area contributed by atoms with Gasteiger partial charge in [-0.3, -0.25) is 0 Å². The molecule has 1 aliphatic rings. The van der Waals surface area contributed by atoms with Gasteiger partial charge in [0.1, 0.15) is 22.5 Å². The van der Waals surface area contributed by atoms with Gasteiger partial charge in [-0.25, -0.2) is 8.42 Å². The monoisotopic (exact) mass is 472 g/mol. The standard InChI is InChI=1S/C25H32N2O5S/c1-18-15-27(19(2)17-28)33(29,30)25-13-11-20(14-23(25)32-24(18)16-26(3)4)10-12-21-8-6-7-9-22(21)31-5/h6-9,11,13-14,18-19,24,28H,15-17H2,1-5H3/t18-,19-,24+/m0/s1. The van der Waals surface area contributed by atoms with Gasteiger partial charge in [0.2, 0.25) is 10.0 Å². The summed E-state index contributed by atoms with van der Waals surface area (Å²) in [4.78, 5) is 2.10. The van der Waals surface area contributed by atoms with E-state index in [9.17, 15) is 13.5 Å². The fraction of sp³-hybridized carbons (Fsp3) is 0.440. The maximum atomic E-state index is 13.5. The number of aliphatic hydroxyl groups is 1. The summed E-state index contributed by atoms with van der Waals surface area (Å²) in [6.07, 6.45) is -0.236. The van der Waals surface area contributed by atoms with Gasteiger partial charge in [-0.1, -0.05) is 30.9 Å². The molecular weight excluding hydrogens is 440 g/mol. The van der Waals surface area contributed by atoms with E-state index in [1.54, 1.807) is 26.2 Å². The molecule has 0 bridgehead atoms. The van der Waals surface area contributed by atoms with Crippen molar-refractivity contribution in [3.63, 3.8) is 0 Å². The Balaban J connectivity index is 2.09. The fourth-order valence-electron chi connectivity index (χ4n) is 3.77. The van der Waals surface area contributed by atoms with Crippen molar-refractivity contribution in [1.29, 1.82) is 0 Å². The summed E-state index contributed by atoms with van der Waals surface area (Å²) in [5, 5.41) is 9.72. The van der Waals surface area contributed by atoms with Crippen LogP contribution in [-0.4, -0.2) is 75.8 Å². The minimum absolute atomic E-state index is 0.0845. The number of likely N-dealkylation sites (N-methyl/N-ethyl adjacent to an activating group) is 1. The Labute approximate surface area is 197 Å². The van der Waals surface area contributed by atoms with E-state index in [1.165, 1.54) is 10.4 Å². The molecule has 0 aromatic heterocycles. The molecule has 0 amide bonds. The molecule has 0 saturated carbocycles. The molecule has 3 rings (SSSR count). The molecule has 3 atom stereocenters. The number of rotatable bonds is 5. The number of nitrogens with zero attached hydrogens (tertiary/aromatic N) is 2. The van der Waals surface area contributed by atoms with E-state index in [0.29, 0.717) is 17.9 Å². The molecule has 1 aliphatic heterocycles. The summed E-state index contributed by atoms with van der Waals surface area (Å²) < 4.78 is 40.0. The van der Waals surface area contributed by atoms with E-state index in [-0.39, 0.29) is 35.8 Å². The number of hydrogen-bond acceptors (Lipinski definition) is 6. The van der Waals surface area contributed by atoms with Crippen molar-refractivity contribution in [2.45, 2.75) is 30.9 Å². The highest BCUT2D eigenvalue weighted by atomic mass is 32.2. The van der Waals surface area contributed by atoms with Gasteiger partial charge in [0.25, 0.3) is 0 Å². The summed E-state index contributed by atoms with van der Waals surface area (Å²) >= 11 is 0. The van der Waals surface area contributed by atoms with E-state index in [1.807, 2.05) is 50.2 Å². The zero-order valence-corrected chi connectivity index (χ0v) is 20.6. The first-order chi connectivity index (χ1) is 15.7. The van der Waals surface area contributed by atoms with Gasteiger partial charge < -0.3 is 19.5 Å². The van der Waals surface area contributed by atoms with Crippen LogP contribution in [0.1, 0.15) is 25.0 Å². The van der Waals surface area contributed by atoms with Crippen molar-refractivity contribution in [3.8, 4) is 23.3 Å². The predicted molar refractivity (Wildman–Crippen MR) is 128 cm³/mol. The molecule has 0 aliphatic carbocycles. The number of fused-ring (bicyclic) bond motifs is 1. The molecule has 0 spiro atoms. The Morgan fingerprint density at radius 2 is 1.97 bits per heavy atom. The highest BCUT2D eigenvalue weighted by Gasteiger charge is 2.37. The third-order valence-electron chi connectivity index (χ3n) is 5.66. The van der Waals surface area contributed by atoms with E-state index < -0.39 is 16.1 Å². The van der Waals surface area contributed by atoms with E-state index in [0.717, 1.165) is 5.56 Å². The Morgan fingerprint density at radius 3 is 2.64 bits per heavy atom. The SMILES string of the molecule is COc1ccccc1C#Cc1ccc2c(c1)O[C@H](CN(C)C)[C@@H](C)CN([C@@H](C)CO)S2(=O)=O. The summed E-state index contributed by atoms with van der Waals surface area (Å²) in [7, 11) is 1.63. The van der Waals surface area contributed by atoms with Crippen molar-refractivity contribution >= 4 is 10.0 Å². The van der Waals surface area contributed by atoms with Crippen molar-refractivity contribution in [2.75, 3.05) is 40.9 Å². The zero-order chi connectivity index (χ0) is 24.2. The molecule has 0 unspecified atom stereocenters. The smallest absolute Gasteiger partial charge is 0.247 e. The Hall–Kier alpha value is -2.57. The first-order valence-electron chi connectivity index (χ1n) is 10.9. The number of aliphatic hydroxyl groups excluding tert-OH is 1. The summed E-state index contributed by atoms with van der Waals surface area (Å²) in [5.74, 6) is 7.04. The molecule has 0 radical (unpaired) electrons. The topological polar surface area (TPSA) is 79.3 Å². The van der Waals surface area contributed by atoms with Gasteiger partial charge in [-0.15, -0.1) is 0 Å². The quantitative estimate of drug-likeness (QED) is 0.674. The van der Waals surface area contributed by atoms with Crippen LogP contribution in [-0.2, 0) is 10.0 Å².